The minimum Gasteiger partial charge on any atom is -0.497 e. The average Bonchev–Trinajstić information content (AvgIpc) is 2.73. The second-order valence-corrected chi connectivity index (χ2v) is 5.91. The van der Waals surface area contributed by atoms with Gasteiger partial charge < -0.3 is 19.5 Å². The molecule has 0 saturated heterocycles. The second kappa shape index (κ2) is 11.8. The van der Waals surface area contributed by atoms with Crippen LogP contribution in [0.15, 0.2) is 53.6 Å². The van der Waals surface area contributed by atoms with Crippen molar-refractivity contribution in [1.29, 1.82) is 0 Å². The summed E-state index contributed by atoms with van der Waals surface area (Å²) < 4.78 is 15.2. The minimum absolute atomic E-state index is 0.200. The summed E-state index contributed by atoms with van der Waals surface area (Å²) in [6, 6.07) is 13.5. The van der Waals surface area contributed by atoms with Crippen LogP contribution in [0.3, 0.4) is 0 Å². The molecule has 9 nitrogen and oxygen atoms in total. The number of ether oxygens (including phenoxy) is 3. The lowest BCUT2D eigenvalue weighted by Gasteiger charge is -2.06. The van der Waals surface area contributed by atoms with E-state index in [2.05, 4.69) is 15.8 Å². The van der Waals surface area contributed by atoms with Gasteiger partial charge >= 0.3 is 5.97 Å². The Morgan fingerprint density at radius 1 is 1.03 bits per heavy atom. The molecular weight excluding hydrogens is 390 g/mol. The first-order valence-corrected chi connectivity index (χ1v) is 9.14. The molecule has 0 aliphatic carbocycles. The van der Waals surface area contributed by atoms with Crippen LogP contribution in [0.2, 0.25) is 0 Å². The SMILES string of the molecule is CCOC(=O)COc1cccc(C=NNC(=O)CC(=O)Nc2ccc(OC)cc2)c1. The van der Waals surface area contributed by atoms with Crippen LogP contribution >= 0.6 is 0 Å². The first kappa shape index (κ1) is 22.4. The maximum absolute atomic E-state index is 11.9. The third kappa shape index (κ3) is 8.01. The van der Waals surface area contributed by atoms with E-state index in [9.17, 15) is 14.4 Å². The van der Waals surface area contributed by atoms with Gasteiger partial charge in [-0.2, -0.15) is 5.10 Å². The molecule has 0 heterocycles. The first-order chi connectivity index (χ1) is 14.5. The summed E-state index contributed by atoms with van der Waals surface area (Å²) in [4.78, 5) is 35.1. The van der Waals surface area contributed by atoms with E-state index in [1.54, 1.807) is 62.6 Å². The van der Waals surface area contributed by atoms with Gasteiger partial charge in [-0.05, 0) is 48.9 Å². The fraction of sp³-hybridized carbons (Fsp3) is 0.238. The zero-order chi connectivity index (χ0) is 21.8. The highest BCUT2D eigenvalue weighted by Crippen LogP contribution is 2.15. The van der Waals surface area contributed by atoms with Gasteiger partial charge in [-0.25, -0.2) is 10.2 Å². The normalized spacial score (nSPS) is 10.3. The molecular formula is C21H23N3O6. The van der Waals surface area contributed by atoms with E-state index in [1.807, 2.05) is 0 Å². The zero-order valence-electron chi connectivity index (χ0n) is 16.7. The zero-order valence-corrected chi connectivity index (χ0v) is 16.7. The highest BCUT2D eigenvalue weighted by atomic mass is 16.6. The Labute approximate surface area is 174 Å². The molecule has 0 unspecified atom stereocenters. The highest BCUT2D eigenvalue weighted by molar-refractivity contribution is 6.03. The van der Waals surface area contributed by atoms with Crippen molar-refractivity contribution in [3.8, 4) is 11.5 Å². The summed E-state index contributed by atoms with van der Waals surface area (Å²) in [5, 5.41) is 6.43. The fourth-order valence-corrected chi connectivity index (χ4v) is 2.27. The van der Waals surface area contributed by atoms with E-state index < -0.39 is 17.8 Å². The Bertz CT molecular complexity index is 896. The van der Waals surface area contributed by atoms with Gasteiger partial charge in [0.05, 0.1) is 19.9 Å². The topological polar surface area (TPSA) is 115 Å². The standard InChI is InChI=1S/C21H23N3O6/c1-3-29-21(27)14-30-18-6-4-5-15(11-18)13-22-24-20(26)12-19(25)23-16-7-9-17(28-2)10-8-16/h4-11,13H,3,12,14H2,1-2H3,(H,23,25)(H,24,26). The van der Waals surface area contributed by atoms with Gasteiger partial charge in [-0.1, -0.05) is 12.1 Å². The maximum Gasteiger partial charge on any atom is 0.344 e. The third-order valence-corrected chi connectivity index (χ3v) is 3.62. The molecule has 158 valence electrons. The number of hydrazone groups is 1. The molecule has 0 bridgehead atoms. The summed E-state index contributed by atoms with van der Waals surface area (Å²) >= 11 is 0. The van der Waals surface area contributed by atoms with Crippen LogP contribution < -0.4 is 20.2 Å². The quantitative estimate of drug-likeness (QED) is 0.267. The molecule has 0 aliphatic rings. The smallest absolute Gasteiger partial charge is 0.344 e. The summed E-state index contributed by atoms with van der Waals surface area (Å²) in [5.74, 6) is -0.376. The van der Waals surface area contributed by atoms with Crippen molar-refractivity contribution in [3.05, 3.63) is 54.1 Å². The molecule has 0 aromatic heterocycles. The molecule has 0 atom stereocenters. The van der Waals surface area contributed by atoms with Crippen LogP contribution in [0.5, 0.6) is 11.5 Å². The van der Waals surface area contributed by atoms with E-state index in [-0.39, 0.29) is 19.6 Å². The molecule has 2 aromatic carbocycles. The lowest BCUT2D eigenvalue weighted by atomic mass is 10.2. The molecule has 0 fully saturated rings. The summed E-state index contributed by atoms with van der Waals surface area (Å²) in [6.07, 6.45) is 1.02. The summed E-state index contributed by atoms with van der Waals surface area (Å²) in [5.41, 5.74) is 3.48. The number of benzene rings is 2. The van der Waals surface area contributed by atoms with E-state index in [1.165, 1.54) is 6.21 Å². The van der Waals surface area contributed by atoms with Crippen molar-refractivity contribution < 1.29 is 28.6 Å². The van der Waals surface area contributed by atoms with Gasteiger partial charge in [-0.3, -0.25) is 9.59 Å². The van der Waals surface area contributed by atoms with Crippen molar-refractivity contribution in [3.63, 3.8) is 0 Å². The number of methoxy groups -OCH3 is 1. The maximum atomic E-state index is 11.9. The number of amides is 2. The lowest BCUT2D eigenvalue weighted by Crippen LogP contribution is -2.24. The number of nitrogens with one attached hydrogen (secondary N) is 2. The Hall–Kier alpha value is -3.88. The van der Waals surface area contributed by atoms with Gasteiger partial charge in [0.15, 0.2) is 6.61 Å². The van der Waals surface area contributed by atoms with Crippen LogP contribution in [0.4, 0.5) is 5.69 Å². The fourth-order valence-electron chi connectivity index (χ4n) is 2.27. The van der Waals surface area contributed by atoms with Crippen LogP contribution in [-0.4, -0.2) is 44.3 Å². The van der Waals surface area contributed by atoms with Crippen LogP contribution in [-0.2, 0) is 19.1 Å². The van der Waals surface area contributed by atoms with Gasteiger partial charge in [0, 0.05) is 5.69 Å². The minimum atomic E-state index is -0.563. The van der Waals surface area contributed by atoms with Crippen LogP contribution in [0.1, 0.15) is 18.9 Å². The van der Waals surface area contributed by atoms with Gasteiger partial charge in [0.1, 0.15) is 17.9 Å². The number of hydrogen-bond donors (Lipinski definition) is 2. The molecule has 9 heteroatoms. The Kier molecular flexibility index (Phi) is 8.85. The molecule has 2 aromatic rings. The predicted molar refractivity (Wildman–Crippen MR) is 111 cm³/mol. The Morgan fingerprint density at radius 2 is 1.80 bits per heavy atom. The molecule has 0 aliphatic heterocycles. The monoisotopic (exact) mass is 413 g/mol. The number of rotatable bonds is 10. The van der Waals surface area contributed by atoms with Crippen molar-refractivity contribution in [2.24, 2.45) is 5.10 Å². The second-order valence-electron chi connectivity index (χ2n) is 5.91. The van der Waals surface area contributed by atoms with Crippen molar-refractivity contribution in [2.45, 2.75) is 13.3 Å². The van der Waals surface area contributed by atoms with Gasteiger partial charge in [0.25, 0.3) is 0 Å². The Balaban J connectivity index is 1.78. The molecule has 0 radical (unpaired) electrons. The van der Waals surface area contributed by atoms with E-state index in [4.69, 9.17) is 14.2 Å². The lowest BCUT2D eigenvalue weighted by molar-refractivity contribution is -0.145. The summed E-state index contributed by atoms with van der Waals surface area (Å²) in [6.45, 7) is 1.80. The van der Waals surface area contributed by atoms with Crippen LogP contribution in [0.25, 0.3) is 0 Å². The van der Waals surface area contributed by atoms with Gasteiger partial charge in [0.2, 0.25) is 11.8 Å². The van der Waals surface area contributed by atoms with Crippen molar-refractivity contribution in [2.75, 3.05) is 25.6 Å². The molecule has 30 heavy (non-hydrogen) atoms. The van der Waals surface area contributed by atoms with E-state index in [0.29, 0.717) is 22.7 Å². The number of carbonyl (C=O) groups excluding carboxylic acids is 3. The van der Waals surface area contributed by atoms with Gasteiger partial charge in [-0.15, -0.1) is 0 Å². The molecule has 0 saturated carbocycles. The summed E-state index contributed by atoms with van der Waals surface area (Å²) in [7, 11) is 1.55. The van der Waals surface area contributed by atoms with E-state index in [0.717, 1.165) is 0 Å². The number of esters is 1. The number of anilines is 1. The number of hydrogen-bond acceptors (Lipinski definition) is 7. The van der Waals surface area contributed by atoms with Crippen LogP contribution in [0, 0.1) is 0 Å². The molecule has 0 spiro atoms. The van der Waals surface area contributed by atoms with E-state index >= 15 is 0 Å². The number of carbonyl (C=O) groups is 3. The predicted octanol–water partition coefficient (Wildman–Crippen LogP) is 2.12. The molecule has 2 rings (SSSR count). The molecule has 2 N–H and O–H groups in total. The third-order valence-electron chi connectivity index (χ3n) is 3.62. The van der Waals surface area contributed by atoms with Crippen molar-refractivity contribution >= 4 is 29.7 Å². The largest absolute Gasteiger partial charge is 0.497 e. The molecule has 2 amide bonds. The first-order valence-electron chi connectivity index (χ1n) is 9.14. The highest BCUT2D eigenvalue weighted by Gasteiger charge is 2.09. The Morgan fingerprint density at radius 3 is 2.50 bits per heavy atom. The number of nitrogens with zero attached hydrogens (tertiary/aromatic N) is 1. The van der Waals surface area contributed by atoms with Crippen molar-refractivity contribution in [1.82, 2.24) is 5.43 Å². The average molecular weight is 413 g/mol.